The number of hydrogen-bond acceptors (Lipinski definition) is 4. The molecule has 21 heavy (non-hydrogen) atoms. The summed E-state index contributed by atoms with van der Waals surface area (Å²) in [5, 5.41) is 6.56. The fourth-order valence-electron chi connectivity index (χ4n) is 1.63. The second-order valence-corrected chi connectivity index (χ2v) is 4.24. The molecule has 2 aromatic rings. The molecule has 0 saturated carbocycles. The van der Waals surface area contributed by atoms with Crippen molar-refractivity contribution in [2.75, 3.05) is 5.32 Å². The molecule has 1 heterocycles. The largest absolute Gasteiger partial charge is 0.326 e. The van der Waals surface area contributed by atoms with Crippen molar-refractivity contribution in [1.82, 2.24) is 10.4 Å². The maximum atomic E-state index is 11.7. The van der Waals surface area contributed by atoms with E-state index in [9.17, 15) is 9.59 Å². The number of hydrazone groups is 1. The van der Waals surface area contributed by atoms with Gasteiger partial charge in [-0.05, 0) is 29.8 Å². The maximum absolute atomic E-state index is 11.7. The predicted octanol–water partition coefficient (Wildman–Crippen LogP) is 1.80. The summed E-state index contributed by atoms with van der Waals surface area (Å²) in [6.07, 6.45) is 4.58. The van der Waals surface area contributed by atoms with Crippen LogP contribution >= 0.6 is 0 Å². The van der Waals surface area contributed by atoms with Crippen LogP contribution in [-0.2, 0) is 4.79 Å². The molecular formula is C15H14N4O2. The highest BCUT2D eigenvalue weighted by Gasteiger charge is 2.02. The van der Waals surface area contributed by atoms with Crippen molar-refractivity contribution >= 4 is 23.7 Å². The van der Waals surface area contributed by atoms with Crippen LogP contribution in [0.3, 0.4) is 0 Å². The Balaban J connectivity index is 1.98. The molecule has 1 aromatic heterocycles. The summed E-state index contributed by atoms with van der Waals surface area (Å²) in [5.74, 6) is -0.457. The van der Waals surface area contributed by atoms with Crippen LogP contribution in [0.2, 0.25) is 0 Å². The Hall–Kier alpha value is -3.02. The van der Waals surface area contributed by atoms with Crippen LogP contribution < -0.4 is 10.7 Å². The highest BCUT2D eigenvalue weighted by atomic mass is 16.2. The van der Waals surface area contributed by atoms with Gasteiger partial charge in [-0.3, -0.25) is 14.6 Å². The van der Waals surface area contributed by atoms with E-state index in [1.54, 1.807) is 30.3 Å². The Kier molecular flexibility index (Phi) is 4.76. The van der Waals surface area contributed by atoms with E-state index in [-0.39, 0.29) is 11.8 Å². The van der Waals surface area contributed by atoms with Crippen LogP contribution in [0, 0.1) is 0 Å². The Morgan fingerprint density at radius 2 is 1.95 bits per heavy atom. The van der Waals surface area contributed by atoms with Crippen LogP contribution in [0.4, 0.5) is 5.69 Å². The average Bonchev–Trinajstić information content (AvgIpc) is 2.48. The monoisotopic (exact) mass is 282 g/mol. The SMILES string of the molecule is CC(=O)Nc1cccc(C=NNC(=O)c2ccncc2)c1. The van der Waals surface area contributed by atoms with E-state index in [4.69, 9.17) is 0 Å². The van der Waals surface area contributed by atoms with E-state index in [1.807, 2.05) is 6.07 Å². The lowest BCUT2D eigenvalue weighted by Gasteiger charge is -2.02. The number of carbonyl (C=O) groups excluding carboxylic acids is 2. The fraction of sp³-hybridized carbons (Fsp3) is 0.0667. The third kappa shape index (κ3) is 4.54. The Morgan fingerprint density at radius 1 is 1.19 bits per heavy atom. The molecule has 0 radical (unpaired) electrons. The van der Waals surface area contributed by atoms with Crippen molar-refractivity contribution < 1.29 is 9.59 Å². The molecule has 6 heteroatoms. The molecule has 0 fully saturated rings. The van der Waals surface area contributed by atoms with E-state index >= 15 is 0 Å². The number of rotatable bonds is 4. The molecule has 0 unspecified atom stereocenters. The highest BCUT2D eigenvalue weighted by molar-refractivity contribution is 5.95. The second-order valence-electron chi connectivity index (χ2n) is 4.24. The molecule has 0 aliphatic carbocycles. The molecule has 2 N–H and O–H groups in total. The molecule has 0 spiro atoms. The van der Waals surface area contributed by atoms with Crippen molar-refractivity contribution in [1.29, 1.82) is 0 Å². The molecule has 0 aliphatic rings. The zero-order valence-corrected chi connectivity index (χ0v) is 11.4. The number of aromatic nitrogens is 1. The van der Waals surface area contributed by atoms with E-state index in [0.29, 0.717) is 11.3 Å². The first-order valence-electron chi connectivity index (χ1n) is 6.26. The second kappa shape index (κ2) is 6.95. The number of amides is 2. The van der Waals surface area contributed by atoms with Crippen LogP contribution in [-0.4, -0.2) is 23.0 Å². The molecule has 0 bridgehead atoms. The van der Waals surface area contributed by atoms with Gasteiger partial charge in [0, 0.05) is 30.6 Å². The van der Waals surface area contributed by atoms with Crippen molar-refractivity contribution in [3.05, 3.63) is 59.9 Å². The van der Waals surface area contributed by atoms with Crippen LogP contribution in [0.25, 0.3) is 0 Å². The third-order valence-corrected chi connectivity index (χ3v) is 2.53. The first kappa shape index (κ1) is 14.4. The zero-order chi connectivity index (χ0) is 15.1. The number of pyridine rings is 1. The molecule has 2 rings (SSSR count). The van der Waals surface area contributed by atoms with Gasteiger partial charge >= 0.3 is 0 Å². The Labute approximate surface area is 121 Å². The number of hydrogen-bond donors (Lipinski definition) is 2. The van der Waals surface area contributed by atoms with Gasteiger partial charge in [-0.15, -0.1) is 0 Å². The lowest BCUT2D eigenvalue weighted by atomic mass is 10.2. The lowest BCUT2D eigenvalue weighted by Crippen LogP contribution is -2.17. The summed E-state index contributed by atoms with van der Waals surface area (Å²) in [6, 6.07) is 10.3. The highest BCUT2D eigenvalue weighted by Crippen LogP contribution is 2.08. The van der Waals surface area contributed by atoms with Gasteiger partial charge in [-0.1, -0.05) is 12.1 Å². The summed E-state index contributed by atoms with van der Waals surface area (Å²) in [5.41, 5.74) is 4.34. The fourth-order valence-corrected chi connectivity index (χ4v) is 1.63. The first-order valence-corrected chi connectivity index (χ1v) is 6.26. The van der Waals surface area contributed by atoms with Gasteiger partial charge in [0.1, 0.15) is 0 Å². The van der Waals surface area contributed by atoms with Crippen LogP contribution in [0.1, 0.15) is 22.8 Å². The number of carbonyl (C=O) groups is 2. The van der Waals surface area contributed by atoms with Crippen molar-refractivity contribution in [2.24, 2.45) is 5.10 Å². The Bertz CT molecular complexity index is 668. The maximum Gasteiger partial charge on any atom is 0.271 e. The van der Waals surface area contributed by atoms with Crippen LogP contribution in [0.5, 0.6) is 0 Å². The van der Waals surface area contributed by atoms with Crippen molar-refractivity contribution in [3.63, 3.8) is 0 Å². The van der Waals surface area contributed by atoms with E-state index in [2.05, 4.69) is 20.8 Å². The van der Waals surface area contributed by atoms with Gasteiger partial charge in [0.15, 0.2) is 0 Å². The molecule has 1 aromatic carbocycles. The van der Waals surface area contributed by atoms with E-state index < -0.39 is 0 Å². The smallest absolute Gasteiger partial charge is 0.271 e. The molecule has 0 aliphatic heterocycles. The van der Waals surface area contributed by atoms with Crippen molar-refractivity contribution in [2.45, 2.75) is 6.92 Å². The van der Waals surface area contributed by atoms with Crippen LogP contribution in [0.15, 0.2) is 53.9 Å². The summed E-state index contributed by atoms with van der Waals surface area (Å²) in [7, 11) is 0. The summed E-state index contributed by atoms with van der Waals surface area (Å²) < 4.78 is 0. The number of nitrogens with zero attached hydrogens (tertiary/aromatic N) is 2. The Morgan fingerprint density at radius 3 is 2.67 bits per heavy atom. The quantitative estimate of drug-likeness (QED) is 0.662. The molecule has 0 atom stereocenters. The summed E-state index contributed by atoms with van der Waals surface area (Å²) in [4.78, 5) is 26.6. The first-order chi connectivity index (χ1) is 10.1. The minimum absolute atomic E-state index is 0.143. The van der Waals surface area contributed by atoms with Gasteiger partial charge in [-0.25, -0.2) is 5.43 Å². The zero-order valence-electron chi connectivity index (χ0n) is 11.4. The molecule has 106 valence electrons. The topological polar surface area (TPSA) is 83.5 Å². The normalized spacial score (nSPS) is 10.3. The number of anilines is 1. The summed E-state index contributed by atoms with van der Waals surface area (Å²) in [6.45, 7) is 1.44. The molecule has 2 amide bonds. The molecule has 6 nitrogen and oxygen atoms in total. The van der Waals surface area contributed by atoms with E-state index in [1.165, 1.54) is 25.5 Å². The van der Waals surface area contributed by atoms with Gasteiger partial charge in [0.05, 0.1) is 6.21 Å². The van der Waals surface area contributed by atoms with Crippen molar-refractivity contribution in [3.8, 4) is 0 Å². The minimum Gasteiger partial charge on any atom is -0.326 e. The van der Waals surface area contributed by atoms with Gasteiger partial charge < -0.3 is 5.32 Å². The average molecular weight is 282 g/mol. The van der Waals surface area contributed by atoms with Gasteiger partial charge in [0.25, 0.3) is 5.91 Å². The predicted molar refractivity (Wildman–Crippen MR) is 80.0 cm³/mol. The standard InChI is InChI=1S/C15H14N4O2/c1-11(20)18-14-4-2-3-12(9-14)10-17-19-15(21)13-5-7-16-8-6-13/h2-10H,1H3,(H,18,20)(H,19,21). The van der Waals surface area contributed by atoms with Gasteiger partial charge in [-0.2, -0.15) is 5.10 Å². The van der Waals surface area contributed by atoms with E-state index in [0.717, 1.165) is 5.56 Å². The lowest BCUT2D eigenvalue weighted by molar-refractivity contribution is -0.114. The third-order valence-electron chi connectivity index (χ3n) is 2.53. The number of nitrogens with one attached hydrogen (secondary N) is 2. The minimum atomic E-state index is -0.313. The summed E-state index contributed by atoms with van der Waals surface area (Å²) >= 11 is 0. The molecular weight excluding hydrogens is 268 g/mol. The molecule has 0 saturated heterocycles. The van der Waals surface area contributed by atoms with Gasteiger partial charge in [0.2, 0.25) is 5.91 Å². The number of benzene rings is 1.